The molecule has 6 N–H and O–H groups in total. The number of rotatable bonds is 21. The number of nitrogens with zero attached hydrogens (tertiary/aromatic N) is 1. The van der Waals surface area contributed by atoms with Crippen molar-refractivity contribution in [1.29, 1.82) is 0 Å². The SMILES string of the molecule is COc1cc(C(=O)NCCCCCCCC(=O)NCCOc2ccc(-c3cc4c(C(=O)O)c[nH]c4cc3Cl)cc2)c(F)cc1NCC#Cc1sc2c(N[C@@H]3CCN(C)C[C@@H]3F)cccc2c1CC(F)(F)F. The Kier molecular flexibility index (Phi) is 17.7. The molecule has 2 atom stereocenters. The summed E-state index contributed by atoms with van der Waals surface area (Å²) < 4.78 is 83.3. The van der Waals surface area contributed by atoms with Crippen LogP contribution >= 0.6 is 22.9 Å². The lowest BCUT2D eigenvalue weighted by Crippen LogP contribution is -2.46. The van der Waals surface area contributed by atoms with Crippen LogP contribution in [0.3, 0.4) is 0 Å². The number of methoxy groups -OCH3 is 1. The number of carbonyl (C=O) groups excluding carboxylic acids is 2. The fourth-order valence-electron chi connectivity index (χ4n) is 8.44. The zero-order valence-corrected chi connectivity index (χ0v) is 40.7. The maximum Gasteiger partial charge on any atom is 0.393 e. The van der Waals surface area contributed by atoms with Crippen LogP contribution in [0.1, 0.15) is 76.1 Å². The monoisotopic (exact) mass is 1020 g/mol. The Labute approximate surface area is 416 Å². The highest BCUT2D eigenvalue weighted by Gasteiger charge is 2.32. The number of carboxylic acids is 1. The molecule has 71 heavy (non-hydrogen) atoms. The quantitative estimate of drug-likeness (QED) is 0.0235. The second-order valence-corrected chi connectivity index (χ2v) is 18.7. The van der Waals surface area contributed by atoms with Gasteiger partial charge in [0.05, 0.1) is 69.8 Å². The van der Waals surface area contributed by atoms with Crippen LogP contribution in [-0.4, -0.2) is 105 Å². The number of thiophene rings is 1. The van der Waals surface area contributed by atoms with E-state index in [9.17, 15) is 37.1 Å². The van der Waals surface area contributed by atoms with Crippen LogP contribution in [0.15, 0.2) is 72.9 Å². The molecule has 0 aliphatic carbocycles. The summed E-state index contributed by atoms with van der Waals surface area (Å²) >= 11 is 7.59. The molecule has 0 bridgehead atoms. The maximum absolute atomic E-state index is 15.3. The van der Waals surface area contributed by atoms with E-state index in [1.807, 2.05) is 24.1 Å². The summed E-state index contributed by atoms with van der Waals surface area (Å²) in [6.45, 7) is 1.77. The molecule has 0 radical (unpaired) electrons. The fraction of sp³-hybridized carbons (Fsp3) is 0.365. The normalized spacial score (nSPS) is 15.0. The Bertz CT molecular complexity index is 2920. The molecule has 1 aliphatic rings. The van der Waals surface area contributed by atoms with Gasteiger partial charge in [-0.2, -0.15) is 13.2 Å². The molecule has 376 valence electrons. The fourth-order valence-corrected chi connectivity index (χ4v) is 9.88. The van der Waals surface area contributed by atoms with Crippen LogP contribution in [0.25, 0.3) is 32.1 Å². The Morgan fingerprint density at radius 3 is 2.48 bits per heavy atom. The second kappa shape index (κ2) is 24.0. The van der Waals surface area contributed by atoms with Crippen LogP contribution in [-0.2, 0) is 11.2 Å². The van der Waals surface area contributed by atoms with E-state index in [4.69, 9.17) is 21.1 Å². The first-order chi connectivity index (χ1) is 34.1. The van der Waals surface area contributed by atoms with Gasteiger partial charge in [-0.3, -0.25) is 9.59 Å². The summed E-state index contributed by atoms with van der Waals surface area (Å²) in [4.78, 5) is 41.9. The topological polar surface area (TPSA) is 157 Å². The van der Waals surface area contributed by atoms with Crippen LogP contribution in [0.4, 0.5) is 33.3 Å². The second-order valence-electron chi connectivity index (χ2n) is 17.3. The van der Waals surface area contributed by atoms with Crippen LogP contribution in [0.5, 0.6) is 11.5 Å². The third-order valence-corrected chi connectivity index (χ3v) is 13.6. The number of unbranched alkanes of at least 4 members (excludes halogenated alkanes) is 4. The van der Waals surface area contributed by atoms with E-state index in [2.05, 4.69) is 38.1 Å². The number of carbonyl (C=O) groups is 3. The maximum atomic E-state index is 15.3. The van der Waals surface area contributed by atoms with E-state index in [0.29, 0.717) is 88.3 Å². The number of hydrogen-bond donors (Lipinski definition) is 6. The third-order valence-electron chi connectivity index (χ3n) is 12.1. The van der Waals surface area contributed by atoms with Crippen molar-refractivity contribution >= 4 is 73.1 Å². The number of amides is 2. The minimum absolute atomic E-state index is 0.0334. The molecule has 0 unspecified atom stereocenters. The lowest BCUT2D eigenvalue weighted by molar-refractivity contribution is -0.127. The van der Waals surface area contributed by atoms with Gasteiger partial charge in [0.25, 0.3) is 5.91 Å². The van der Waals surface area contributed by atoms with Gasteiger partial charge in [-0.1, -0.05) is 67.0 Å². The number of ether oxygens (including phenoxy) is 2. The number of anilines is 2. The van der Waals surface area contributed by atoms with Crippen molar-refractivity contribution in [3.05, 3.63) is 105 Å². The van der Waals surface area contributed by atoms with E-state index >= 15 is 4.39 Å². The molecule has 4 aromatic carbocycles. The van der Waals surface area contributed by atoms with E-state index in [1.54, 1.807) is 42.5 Å². The number of aromatic nitrogens is 1. The van der Waals surface area contributed by atoms with Gasteiger partial charge < -0.3 is 45.7 Å². The zero-order valence-electron chi connectivity index (χ0n) is 39.1. The van der Waals surface area contributed by atoms with Crippen molar-refractivity contribution in [3.8, 4) is 34.5 Å². The molecule has 6 aromatic rings. The van der Waals surface area contributed by atoms with Crippen molar-refractivity contribution in [1.82, 2.24) is 20.5 Å². The van der Waals surface area contributed by atoms with Crippen molar-refractivity contribution in [2.75, 3.05) is 64.1 Å². The first-order valence-corrected chi connectivity index (χ1v) is 24.4. The molecule has 1 fully saturated rings. The Morgan fingerprint density at radius 1 is 0.958 bits per heavy atom. The van der Waals surface area contributed by atoms with Gasteiger partial charge >= 0.3 is 12.1 Å². The number of aromatic carboxylic acids is 1. The highest BCUT2D eigenvalue weighted by Crippen LogP contribution is 2.40. The Morgan fingerprint density at radius 2 is 1.73 bits per heavy atom. The van der Waals surface area contributed by atoms with Crippen LogP contribution < -0.4 is 30.7 Å². The van der Waals surface area contributed by atoms with Gasteiger partial charge in [0, 0.05) is 54.8 Å². The smallest absolute Gasteiger partial charge is 0.393 e. The predicted molar refractivity (Wildman–Crippen MR) is 269 cm³/mol. The molecular formula is C52H54ClF5N6O6S. The number of aromatic amines is 1. The highest BCUT2D eigenvalue weighted by molar-refractivity contribution is 7.20. The number of halogens is 6. The van der Waals surface area contributed by atoms with Gasteiger partial charge in [-0.25, -0.2) is 13.6 Å². The number of H-pyrrole nitrogens is 1. The van der Waals surface area contributed by atoms with E-state index < -0.39 is 42.5 Å². The van der Waals surface area contributed by atoms with Crippen LogP contribution in [0.2, 0.25) is 5.02 Å². The molecule has 19 heteroatoms. The molecule has 2 aromatic heterocycles. The van der Waals surface area contributed by atoms with Gasteiger partial charge in [0.2, 0.25) is 5.91 Å². The lowest BCUT2D eigenvalue weighted by atomic mass is 10.0. The third kappa shape index (κ3) is 13.9. The van der Waals surface area contributed by atoms with Gasteiger partial charge in [-0.15, -0.1) is 11.3 Å². The summed E-state index contributed by atoms with van der Waals surface area (Å²) in [7, 11) is 3.20. The van der Waals surface area contributed by atoms with E-state index in [0.717, 1.165) is 42.2 Å². The molecule has 1 saturated heterocycles. The molecule has 12 nitrogen and oxygen atoms in total. The predicted octanol–water partition coefficient (Wildman–Crippen LogP) is 10.8. The van der Waals surface area contributed by atoms with Gasteiger partial charge in [-0.05, 0) is 79.2 Å². The summed E-state index contributed by atoms with van der Waals surface area (Å²) in [5.41, 5.74) is 2.84. The molecule has 0 saturated carbocycles. The van der Waals surface area contributed by atoms with Crippen molar-refractivity contribution in [2.24, 2.45) is 0 Å². The Hall–Kier alpha value is -6.55. The molecule has 1 aliphatic heterocycles. The number of likely N-dealkylation sites (tertiary alicyclic amines) is 1. The van der Waals surface area contributed by atoms with Crippen molar-refractivity contribution in [3.63, 3.8) is 0 Å². The molecule has 3 heterocycles. The highest BCUT2D eigenvalue weighted by atomic mass is 35.5. The molecule has 2 amide bonds. The number of nitrogens with one attached hydrogen (secondary N) is 5. The Balaban J connectivity index is 0.799. The number of benzene rings is 4. The number of alkyl halides is 4. The summed E-state index contributed by atoms with van der Waals surface area (Å²) in [6, 6.07) is 17.6. The van der Waals surface area contributed by atoms with Crippen molar-refractivity contribution in [2.45, 2.75) is 69.8 Å². The van der Waals surface area contributed by atoms with Crippen molar-refractivity contribution < 1.29 is 50.9 Å². The molecule has 7 rings (SSSR count). The largest absolute Gasteiger partial charge is 0.495 e. The number of hydrogen-bond acceptors (Lipinski definition) is 9. The summed E-state index contributed by atoms with van der Waals surface area (Å²) in [5, 5.41) is 22.7. The molecular weight excluding hydrogens is 967 g/mol. The lowest BCUT2D eigenvalue weighted by Gasteiger charge is -2.33. The average molecular weight is 1020 g/mol. The van der Waals surface area contributed by atoms with Gasteiger partial charge in [0.1, 0.15) is 30.1 Å². The standard InChI is InChI=1S/C52H54ClF5N6O6S/c1-64-22-18-42(41(55)30-64)63-43-11-8-10-33-37(28-52(56,57)58)47(71-49(33)43)12-9-20-59-45-27-40(54)36(25-46(45)69-2)50(66)61-19-7-5-3-4-6-13-48(65)60-21-23-70-32-16-14-31(15-17-32)34-24-35-38(51(67)68)29-62-44(35)26-39(34)53/h8,10-11,14-17,24-27,29,41-42,59,62-63H,3-7,13,18-23,28,30H2,1-2H3,(H,60,65)(H,61,66)(H,67,68)/t41-,42+/m0/s1. The first kappa shape index (κ1) is 52.3. The molecule has 0 spiro atoms. The zero-order chi connectivity index (χ0) is 50.7. The number of fused-ring (bicyclic) bond motifs is 2. The van der Waals surface area contributed by atoms with E-state index in [-0.39, 0.29) is 58.6 Å². The summed E-state index contributed by atoms with van der Waals surface area (Å²) in [5.74, 6) is 3.93. The minimum atomic E-state index is -4.50. The average Bonchev–Trinajstić information content (AvgIpc) is 3.91. The van der Waals surface area contributed by atoms with Gasteiger partial charge in [0.15, 0.2) is 0 Å². The summed E-state index contributed by atoms with van der Waals surface area (Å²) in [6.07, 6.45) is -0.721. The minimum Gasteiger partial charge on any atom is -0.495 e. The number of carboxylic acid groups (broad SMARTS) is 1. The van der Waals surface area contributed by atoms with E-state index in [1.165, 1.54) is 19.4 Å². The number of piperidine rings is 1. The first-order valence-electron chi connectivity index (χ1n) is 23.2. The van der Waals surface area contributed by atoms with Crippen LogP contribution in [0, 0.1) is 17.7 Å².